The molecule has 1 aliphatic heterocycles. The molecule has 0 N–H and O–H groups in total. The standard InChI is InChI=1S/C13H18ClN/c1-10(2)15-9-3-4-13(15)11-5-7-12(14)8-6-11/h5-8,10,13H,3-4,9H2,1-2H3. The maximum atomic E-state index is 5.90. The van der Waals surface area contributed by atoms with Crippen LogP contribution in [0.15, 0.2) is 24.3 Å². The molecule has 1 aliphatic rings. The van der Waals surface area contributed by atoms with Gasteiger partial charge in [0.25, 0.3) is 0 Å². The van der Waals surface area contributed by atoms with Crippen LogP contribution in [0.1, 0.15) is 38.3 Å². The van der Waals surface area contributed by atoms with Gasteiger partial charge in [-0.25, -0.2) is 0 Å². The molecule has 1 fully saturated rings. The van der Waals surface area contributed by atoms with Gasteiger partial charge in [0.2, 0.25) is 0 Å². The van der Waals surface area contributed by atoms with Gasteiger partial charge in [-0.1, -0.05) is 23.7 Å². The highest BCUT2D eigenvalue weighted by molar-refractivity contribution is 6.30. The van der Waals surface area contributed by atoms with Gasteiger partial charge in [-0.3, -0.25) is 4.90 Å². The smallest absolute Gasteiger partial charge is 0.0406 e. The van der Waals surface area contributed by atoms with Crippen LogP contribution in [-0.2, 0) is 0 Å². The summed E-state index contributed by atoms with van der Waals surface area (Å²) in [5.74, 6) is 0. The van der Waals surface area contributed by atoms with Crippen LogP contribution in [0, 0.1) is 0 Å². The molecule has 1 aromatic carbocycles. The summed E-state index contributed by atoms with van der Waals surface area (Å²) < 4.78 is 0. The van der Waals surface area contributed by atoms with Crippen LogP contribution < -0.4 is 0 Å². The Kier molecular flexibility index (Phi) is 3.32. The Bertz CT molecular complexity index is 318. The van der Waals surface area contributed by atoms with Crippen molar-refractivity contribution >= 4 is 11.6 Å². The van der Waals surface area contributed by atoms with Crippen LogP contribution in [0.5, 0.6) is 0 Å². The summed E-state index contributed by atoms with van der Waals surface area (Å²) in [6, 6.07) is 9.54. The molecule has 0 radical (unpaired) electrons. The lowest BCUT2D eigenvalue weighted by Gasteiger charge is -2.28. The molecule has 0 aromatic heterocycles. The molecule has 1 heterocycles. The van der Waals surface area contributed by atoms with Crippen molar-refractivity contribution in [3.05, 3.63) is 34.9 Å². The molecular weight excluding hydrogens is 206 g/mol. The van der Waals surface area contributed by atoms with Crippen molar-refractivity contribution in [1.82, 2.24) is 4.90 Å². The van der Waals surface area contributed by atoms with E-state index in [1.807, 2.05) is 12.1 Å². The largest absolute Gasteiger partial charge is 0.294 e. The average Bonchev–Trinajstić information content (AvgIpc) is 2.67. The lowest BCUT2D eigenvalue weighted by atomic mass is 10.0. The number of hydrogen-bond donors (Lipinski definition) is 0. The Balaban J connectivity index is 2.19. The van der Waals surface area contributed by atoms with Crippen molar-refractivity contribution in [2.45, 2.75) is 38.8 Å². The highest BCUT2D eigenvalue weighted by Gasteiger charge is 2.27. The number of rotatable bonds is 2. The van der Waals surface area contributed by atoms with E-state index in [1.165, 1.54) is 24.9 Å². The van der Waals surface area contributed by atoms with Crippen LogP contribution in [-0.4, -0.2) is 17.5 Å². The van der Waals surface area contributed by atoms with Crippen molar-refractivity contribution in [2.24, 2.45) is 0 Å². The molecule has 0 aliphatic carbocycles. The minimum atomic E-state index is 0.599. The first-order chi connectivity index (χ1) is 7.18. The second-order valence-electron chi connectivity index (χ2n) is 4.54. The number of halogens is 1. The molecule has 1 nitrogen and oxygen atoms in total. The quantitative estimate of drug-likeness (QED) is 0.736. The van der Waals surface area contributed by atoms with Gasteiger partial charge in [0.1, 0.15) is 0 Å². The Labute approximate surface area is 97.0 Å². The van der Waals surface area contributed by atoms with Gasteiger partial charge in [0.15, 0.2) is 0 Å². The van der Waals surface area contributed by atoms with Crippen LogP contribution in [0.4, 0.5) is 0 Å². The van der Waals surface area contributed by atoms with E-state index in [9.17, 15) is 0 Å². The Morgan fingerprint density at radius 2 is 1.93 bits per heavy atom. The summed E-state index contributed by atoms with van der Waals surface area (Å²) in [5.41, 5.74) is 1.41. The van der Waals surface area contributed by atoms with E-state index in [2.05, 4.69) is 30.9 Å². The maximum Gasteiger partial charge on any atom is 0.0406 e. The molecule has 1 aromatic rings. The molecule has 2 rings (SSSR count). The molecular formula is C13H18ClN. The average molecular weight is 224 g/mol. The number of hydrogen-bond acceptors (Lipinski definition) is 1. The fraction of sp³-hybridized carbons (Fsp3) is 0.538. The molecule has 1 unspecified atom stereocenters. The van der Waals surface area contributed by atoms with E-state index < -0.39 is 0 Å². The lowest BCUT2D eigenvalue weighted by Crippen LogP contribution is -2.30. The van der Waals surface area contributed by atoms with Gasteiger partial charge in [-0.05, 0) is 50.9 Å². The topological polar surface area (TPSA) is 3.24 Å². The predicted molar refractivity (Wildman–Crippen MR) is 65.3 cm³/mol. The van der Waals surface area contributed by atoms with Crippen molar-refractivity contribution < 1.29 is 0 Å². The molecule has 0 amide bonds. The van der Waals surface area contributed by atoms with Crippen molar-refractivity contribution in [3.63, 3.8) is 0 Å². The van der Waals surface area contributed by atoms with Crippen molar-refractivity contribution in [1.29, 1.82) is 0 Å². The summed E-state index contributed by atoms with van der Waals surface area (Å²) in [6.07, 6.45) is 2.59. The Hall–Kier alpha value is -0.530. The minimum Gasteiger partial charge on any atom is -0.294 e. The fourth-order valence-corrected chi connectivity index (χ4v) is 2.58. The number of nitrogens with zero attached hydrogens (tertiary/aromatic N) is 1. The van der Waals surface area contributed by atoms with Crippen LogP contribution in [0.2, 0.25) is 5.02 Å². The van der Waals surface area contributed by atoms with Gasteiger partial charge >= 0.3 is 0 Å². The number of likely N-dealkylation sites (tertiary alicyclic amines) is 1. The molecule has 1 atom stereocenters. The Morgan fingerprint density at radius 1 is 1.27 bits per heavy atom. The zero-order valence-electron chi connectivity index (χ0n) is 9.41. The zero-order valence-corrected chi connectivity index (χ0v) is 10.2. The van der Waals surface area contributed by atoms with E-state index in [0.717, 1.165) is 5.02 Å². The molecule has 0 bridgehead atoms. The van der Waals surface area contributed by atoms with Crippen molar-refractivity contribution in [3.8, 4) is 0 Å². The maximum absolute atomic E-state index is 5.90. The second-order valence-corrected chi connectivity index (χ2v) is 4.98. The van der Waals surface area contributed by atoms with Gasteiger partial charge in [-0.15, -0.1) is 0 Å². The van der Waals surface area contributed by atoms with E-state index >= 15 is 0 Å². The number of benzene rings is 1. The van der Waals surface area contributed by atoms with E-state index in [0.29, 0.717) is 12.1 Å². The molecule has 2 heteroatoms. The minimum absolute atomic E-state index is 0.599. The van der Waals surface area contributed by atoms with Gasteiger partial charge in [0.05, 0.1) is 0 Å². The van der Waals surface area contributed by atoms with Crippen LogP contribution in [0.3, 0.4) is 0 Å². The van der Waals surface area contributed by atoms with E-state index in [-0.39, 0.29) is 0 Å². The third-order valence-electron chi connectivity index (χ3n) is 3.21. The SMILES string of the molecule is CC(C)N1CCCC1c1ccc(Cl)cc1. The normalized spacial score (nSPS) is 22.5. The summed E-state index contributed by atoms with van der Waals surface area (Å²) in [4.78, 5) is 2.57. The van der Waals surface area contributed by atoms with Gasteiger partial charge in [-0.2, -0.15) is 0 Å². The molecule has 1 saturated heterocycles. The van der Waals surface area contributed by atoms with Crippen LogP contribution in [0.25, 0.3) is 0 Å². The third kappa shape index (κ3) is 2.35. The molecule has 15 heavy (non-hydrogen) atoms. The Morgan fingerprint density at radius 3 is 2.53 bits per heavy atom. The predicted octanol–water partition coefficient (Wildman–Crippen LogP) is 3.89. The van der Waals surface area contributed by atoms with E-state index in [1.54, 1.807) is 0 Å². The first-order valence-corrected chi connectivity index (χ1v) is 6.07. The summed E-state index contributed by atoms with van der Waals surface area (Å²) in [5, 5.41) is 0.827. The zero-order chi connectivity index (χ0) is 10.8. The van der Waals surface area contributed by atoms with Crippen molar-refractivity contribution in [2.75, 3.05) is 6.54 Å². The molecule has 0 saturated carbocycles. The third-order valence-corrected chi connectivity index (χ3v) is 3.46. The summed E-state index contributed by atoms with van der Waals surface area (Å²) in [7, 11) is 0. The fourth-order valence-electron chi connectivity index (χ4n) is 2.45. The second kappa shape index (κ2) is 4.54. The van der Waals surface area contributed by atoms with E-state index in [4.69, 9.17) is 11.6 Å². The molecule has 82 valence electrons. The first-order valence-electron chi connectivity index (χ1n) is 5.69. The lowest BCUT2D eigenvalue weighted by molar-refractivity contribution is 0.205. The first kappa shape index (κ1) is 11.0. The molecule has 0 spiro atoms. The van der Waals surface area contributed by atoms with Crippen LogP contribution >= 0.6 is 11.6 Å². The highest BCUT2D eigenvalue weighted by Crippen LogP contribution is 2.33. The van der Waals surface area contributed by atoms with Gasteiger partial charge < -0.3 is 0 Å². The summed E-state index contributed by atoms with van der Waals surface area (Å²) in [6.45, 7) is 5.77. The monoisotopic (exact) mass is 223 g/mol. The highest BCUT2D eigenvalue weighted by atomic mass is 35.5. The van der Waals surface area contributed by atoms with Gasteiger partial charge in [0, 0.05) is 17.1 Å². The summed E-state index contributed by atoms with van der Waals surface area (Å²) >= 11 is 5.90.